The Kier molecular flexibility index (Phi) is 7.92. The third-order valence-corrected chi connectivity index (χ3v) is 6.36. The Morgan fingerprint density at radius 3 is 2.92 bits per heavy atom. The first-order valence-corrected chi connectivity index (χ1v) is 12.2. The number of halogens is 2. The van der Waals surface area contributed by atoms with E-state index in [4.69, 9.17) is 4.74 Å². The molecule has 0 heterocycles. The summed E-state index contributed by atoms with van der Waals surface area (Å²) in [6.07, 6.45) is 1.75. The molecular weight excluding hydrogens is 349 g/mol. The summed E-state index contributed by atoms with van der Waals surface area (Å²) < 4.78 is 6.80. The molecule has 13 heavy (non-hydrogen) atoms. The second-order valence-corrected chi connectivity index (χ2v) is 7.57. The SMILES string of the molecule is Br.C=CCOc1ccc[c]([Zn][Br])c1. The molecule has 0 bridgehead atoms. The van der Waals surface area contributed by atoms with E-state index in [2.05, 4.69) is 32.3 Å². The molecule has 0 radical (unpaired) electrons. The zero-order chi connectivity index (χ0) is 8.81. The van der Waals surface area contributed by atoms with Gasteiger partial charge >= 0.3 is 87.0 Å². The molecule has 0 fully saturated rings. The van der Waals surface area contributed by atoms with Crippen molar-refractivity contribution in [2.75, 3.05) is 6.61 Å². The molecule has 1 nitrogen and oxygen atoms in total. The number of rotatable bonds is 4. The van der Waals surface area contributed by atoms with E-state index in [1.165, 1.54) is 4.16 Å². The Balaban J connectivity index is 0.00000144. The van der Waals surface area contributed by atoms with E-state index in [1.54, 1.807) is 6.08 Å². The third-order valence-electron chi connectivity index (χ3n) is 1.42. The van der Waals surface area contributed by atoms with Crippen LogP contribution >= 0.6 is 30.6 Å². The van der Waals surface area contributed by atoms with Gasteiger partial charge in [-0.15, -0.1) is 17.0 Å². The van der Waals surface area contributed by atoms with Gasteiger partial charge in [0.2, 0.25) is 0 Å². The zero-order valence-electron chi connectivity index (χ0n) is 7.20. The first-order valence-electron chi connectivity index (χ1n) is 3.75. The molecule has 68 valence electrons. The number of hydrogen-bond acceptors (Lipinski definition) is 1. The van der Waals surface area contributed by atoms with E-state index in [1.807, 2.05) is 12.1 Å². The van der Waals surface area contributed by atoms with Gasteiger partial charge in [0, 0.05) is 0 Å². The van der Waals surface area contributed by atoms with Gasteiger partial charge in [-0.1, -0.05) is 0 Å². The van der Waals surface area contributed by atoms with Crippen LogP contribution in [0.25, 0.3) is 0 Å². The van der Waals surface area contributed by atoms with E-state index in [0.717, 1.165) is 5.75 Å². The summed E-state index contributed by atoms with van der Waals surface area (Å²) in [7, 11) is 0. The van der Waals surface area contributed by atoms with Crippen LogP contribution in [0, 0.1) is 0 Å². The Hall–Kier alpha value is 0.343. The normalized spacial score (nSPS) is 8.08. The summed E-state index contributed by atoms with van der Waals surface area (Å²) in [6, 6.07) is 8.23. The number of hydrogen-bond donors (Lipinski definition) is 0. The van der Waals surface area contributed by atoms with Crippen molar-refractivity contribution in [3.8, 4) is 5.75 Å². The molecule has 0 aliphatic carbocycles. The Morgan fingerprint density at radius 1 is 1.54 bits per heavy atom. The maximum atomic E-state index is 5.39. The predicted molar refractivity (Wildman–Crippen MR) is 61.0 cm³/mol. The molecule has 0 unspecified atom stereocenters. The van der Waals surface area contributed by atoms with Crippen molar-refractivity contribution in [3.63, 3.8) is 0 Å². The fraction of sp³-hybridized carbons (Fsp3) is 0.111. The van der Waals surface area contributed by atoms with Crippen LogP contribution in [0.15, 0.2) is 36.9 Å². The molecular formula is C9H10Br2OZn. The summed E-state index contributed by atoms with van der Waals surface area (Å²) in [6.45, 7) is 4.18. The van der Waals surface area contributed by atoms with Crippen LogP contribution in [0.4, 0.5) is 0 Å². The van der Waals surface area contributed by atoms with E-state index >= 15 is 0 Å². The van der Waals surface area contributed by atoms with Crippen LogP contribution in [-0.2, 0) is 15.2 Å². The molecule has 0 saturated carbocycles. The van der Waals surface area contributed by atoms with Crippen molar-refractivity contribution in [1.82, 2.24) is 0 Å². The van der Waals surface area contributed by atoms with Crippen LogP contribution in [0.3, 0.4) is 0 Å². The van der Waals surface area contributed by atoms with Crippen molar-refractivity contribution >= 4 is 34.8 Å². The Bertz CT molecular complexity index is 266. The van der Waals surface area contributed by atoms with Crippen molar-refractivity contribution in [1.29, 1.82) is 0 Å². The van der Waals surface area contributed by atoms with Gasteiger partial charge in [0.15, 0.2) is 0 Å². The maximum absolute atomic E-state index is 5.39. The second kappa shape index (κ2) is 7.72. The van der Waals surface area contributed by atoms with Gasteiger partial charge in [0.1, 0.15) is 0 Å². The van der Waals surface area contributed by atoms with Gasteiger partial charge in [-0.2, -0.15) is 0 Å². The third kappa shape index (κ3) is 4.94. The molecule has 4 heteroatoms. The first kappa shape index (κ1) is 13.3. The van der Waals surface area contributed by atoms with Gasteiger partial charge in [0.25, 0.3) is 0 Å². The molecule has 0 aliphatic rings. The molecule has 0 atom stereocenters. The molecule has 0 aromatic heterocycles. The molecule has 0 amide bonds. The fourth-order valence-electron chi connectivity index (χ4n) is 0.874. The van der Waals surface area contributed by atoms with Crippen molar-refractivity contribution < 1.29 is 19.9 Å². The van der Waals surface area contributed by atoms with E-state index in [-0.39, 0.29) is 17.0 Å². The quantitative estimate of drug-likeness (QED) is 0.593. The van der Waals surface area contributed by atoms with Gasteiger partial charge in [-0.3, -0.25) is 0 Å². The minimum absolute atomic E-state index is 0. The molecule has 1 aromatic rings. The molecule has 0 saturated heterocycles. The summed E-state index contributed by atoms with van der Waals surface area (Å²) >= 11 is 2.94. The van der Waals surface area contributed by atoms with E-state index < -0.39 is 15.2 Å². The van der Waals surface area contributed by atoms with Crippen LogP contribution in [-0.4, -0.2) is 6.61 Å². The van der Waals surface area contributed by atoms with Crippen LogP contribution in [0.5, 0.6) is 5.75 Å². The number of ether oxygens (including phenoxy) is 1. The molecule has 1 aromatic carbocycles. The van der Waals surface area contributed by atoms with E-state index in [0.29, 0.717) is 6.61 Å². The zero-order valence-corrected chi connectivity index (χ0v) is 13.5. The molecule has 0 spiro atoms. The molecule has 0 N–H and O–H groups in total. The second-order valence-electron chi connectivity index (χ2n) is 2.38. The fourth-order valence-corrected chi connectivity index (χ4v) is 3.74. The molecule has 0 aliphatic heterocycles. The Morgan fingerprint density at radius 2 is 2.31 bits per heavy atom. The average molecular weight is 359 g/mol. The van der Waals surface area contributed by atoms with Crippen molar-refractivity contribution in [3.05, 3.63) is 36.9 Å². The Labute approximate surface area is 103 Å². The average Bonchev–Trinajstić information content (AvgIpc) is 2.15. The van der Waals surface area contributed by atoms with Crippen LogP contribution in [0.2, 0.25) is 0 Å². The van der Waals surface area contributed by atoms with Crippen molar-refractivity contribution in [2.24, 2.45) is 0 Å². The van der Waals surface area contributed by atoms with Gasteiger partial charge in [-0.25, -0.2) is 0 Å². The summed E-state index contributed by atoms with van der Waals surface area (Å²) in [5.74, 6) is 0.942. The van der Waals surface area contributed by atoms with Crippen molar-refractivity contribution in [2.45, 2.75) is 0 Å². The number of benzene rings is 1. The first-order chi connectivity index (χ1) is 5.86. The van der Waals surface area contributed by atoms with Gasteiger partial charge in [-0.05, 0) is 0 Å². The minimum atomic E-state index is -0.634. The standard InChI is InChI=1S/C9H9O.2BrH.Zn/c1-2-8-10-9-6-4-3-5-7-9;;;/h2-4,6-7H,1,8H2;2*1H;/q;;;+1/p-1. The summed E-state index contributed by atoms with van der Waals surface area (Å²) in [5, 5.41) is 0. The summed E-state index contributed by atoms with van der Waals surface area (Å²) in [4.78, 5) is 0. The van der Waals surface area contributed by atoms with Gasteiger partial charge < -0.3 is 0 Å². The predicted octanol–water partition coefficient (Wildman–Crippen LogP) is 2.85. The molecule has 1 rings (SSSR count). The van der Waals surface area contributed by atoms with E-state index in [9.17, 15) is 0 Å². The summed E-state index contributed by atoms with van der Waals surface area (Å²) in [5.41, 5.74) is 0. The van der Waals surface area contributed by atoms with Crippen LogP contribution < -0.4 is 8.89 Å². The topological polar surface area (TPSA) is 9.23 Å². The monoisotopic (exact) mass is 356 g/mol. The van der Waals surface area contributed by atoms with Crippen LogP contribution in [0.1, 0.15) is 0 Å². The van der Waals surface area contributed by atoms with Gasteiger partial charge in [0.05, 0.1) is 0 Å².